The van der Waals surface area contributed by atoms with E-state index in [0.717, 1.165) is 11.1 Å². The number of nitrogens with one attached hydrogen (secondary N) is 1. The standard InChI is InChI=1S/C24H28N2O9.C2HF3O2/c1-26-9-7-23-19-12-2-3-13(27)20(19)35-21(23)15(4-6-24(23,33)16(26)10-12)34-18(31)5-8-25-22(32)14(28)11-17(29)30;3-2(4,5)1(6)7/h2-4,14,16,21,27-28,33H,5-11H2,1H3,(H,25,32)(H,29,30);(H,6,7)/t14?,16-,21+,23+,24-;/m1./s1. The first-order valence-corrected chi connectivity index (χ1v) is 12.9. The van der Waals surface area contributed by atoms with Crippen molar-refractivity contribution in [2.45, 2.75) is 67.5 Å². The number of ether oxygens (including phenoxy) is 2. The number of likely N-dealkylation sites (N-methyl/N-ethyl adjacent to an activating group) is 1. The second-order valence-electron chi connectivity index (χ2n) is 10.5. The zero-order valence-electron chi connectivity index (χ0n) is 22.2. The van der Waals surface area contributed by atoms with Crippen molar-refractivity contribution >= 4 is 23.8 Å². The molecule has 0 radical (unpaired) electrons. The van der Waals surface area contributed by atoms with Crippen LogP contribution in [0.3, 0.4) is 0 Å². The van der Waals surface area contributed by atoms with Gasteiger partial charge < -0.3 is 45.2 Å². The van der Waals surface area contributed by atoms with Crippen molar-refractivity contribution in [1.29, 1.82) is 0 Å². The topological polar surface area (TPSA) is 203 Å². The quantitative estimate of drug-likeness (QED) is 0.232. The van der Waals surface area contributed by atoms with Gasteiger partial charge in [0.25, 0.3) is 0 Å². The van der Waals surface area contributed by atoms with Gasteiger partial charge in [0.15, 0.2) is 17.6 Å². The molecule has 0 aromatic heterocycles. The van der Waals surface area contributed by atoms with Gasteiger partial charge >= 0.3 is 24.1 Å². The molecule has 2 aliphatic heterocycles. The number of piperidine rings is 1. The van der Waals surface area contributed by atoms with E-state index in [2.05, 4.69) is 10.2 Å². The second kappa shape index (κ2) is 11.1. The number of aliphatic hydroxyl groups is 2. The summed E-state index contributed by atoms with van der Waals surface area (Å²) < 4.78 is 43.6. The van der Waals surface area contributed by atoms with Gasteiger partial charge in [-0.25, -0.2) is 4.79 Å². The lowest BCUT2D eigenvalue weighted by atomic mass is 9.50. The maximum Gasteiger partial charge on any atom is 0.490 e. The Hall–Kier alpha value is -3.89. The summed E-state index contributed by atoms with van der Waals surface area (Å²) in [5, 5.41) is 50.2. The van der Waals surface area contributed by atoms with Crippen molar-refractivity contribution in [3.63, 3.8) is 0 Å². The first-order valence-electron chi connectivity index (χ1n) is 12.9. The van der Waals surface area contributed by atoms with E-state index in [1.165, 1.54) is 0 Å². The Morgan fingerprint density at radius 3 is 2.52 bits per heavy atom. The van der Waals surface area contributed by atoms with Gasteiger partial charge in [-0.1, -0.05) is 6.07 Å². The molecule has 6 N–H and O–H groups in total. The molecule has 2 bridgehead atoms. The highest BCUT2D eigenvalue weighted by atomic mass is 19.4. The van der Waals surface area contributed by atoms with Gasteiger partial charge in [-0.3, -0.25) is 14.4 Å². The molecule has 2 heterocycles. The number of hydrogen-bond acceptors (Lipinski definition) is 10. The first-order chi connectivity index (χ1) is 19.5. The van der Waals surface area contributed by atoms with Crippen molar-refractivity contribution < 1.29 is 67.4 Å². The zero-order valence-corrected chi connectivity index (χ0v) is 22.2. The molecule has 4 aliphatic rings. The third-order valence-corrected chi connectivity index (χ3v) is 8.13. The van der Waals surface area contributed by atoms with Crippen LogP contribution in [-0.2, 0) is 35.8 Å². The van der Waals surface area contributed by atoms with Crippen LogP contribution in [0.15, 0.2) is 24.0 Å². The number of rotatable bonds is 7. The van der Waals surface area contributed by atoms with E-state index in [1.807, 2.05) is 13.1 Å². The molecule has 16 heteroatoms. The van der Waals surface area contributed by atoms with Gasteiger partial charge in [0.05, 0.1) is 23.9 Å². The number of aliphatic hydroxyl groups excluding tert-OH is 1. The highest BCUT2D eigenvalue weighted by Gasteiger charge is 2.72. The lowest BCUT2D eigenvalue weighted by molar-refractivity contribution is -0.192. The minimum Gasteiger partial charge on any atom is -0.504 e. The first kappa shape index (κ1) is 31.1. The summed E-state index contributed by atoms with van der Waals surface area (Å²) in [5.74, 6) is -5.08. The van der Waals surface area contributed by atoms with Crippen LogP contribution in [0, 0.1) is 0 Å². The number of phenolic OH excluding ortho intramolecular Hbond substituents is 1. The molecule has 1 aromatic carbocycles. The van der Waals surface area contributed by atoms with Gasteiger partial charge in [0, 0.05) is 24.6 Å². The van der Waals surface area contributed by atoms with Crippen molar-refractivity contribution in [2.24, 2.45) is 0 Å². The van der Waals surface area contributed by atoms with E-state index in [4.69, 9.17) is 24.5 Å². The number of amides is 1. The fourth-order valence-corrected chi connectivity index (χ4v) is 6.28. The number of phenols is 1. The molecule has 1 unspecified atom stereocenters. The number of esters is 1. The summed E-state index contributed by atoms with van der Waals surface area (Å²) in [5.41, 5.74) is -0.251. The number of carbonyl (C=O) groups excluding carboxylic acids is 2. The summed E-state index contributed by atoms with van der Waals surface area (Å²) in [4.78, 5) is 46.0. The summed E-state index contributed by atoms with van der Waals surface area (Å²) in [6.07, 6.45) is -5.47. The Labute approximate surface area is 236 Å². The van der Waals surface area contributed by atoms with Gasteiger partial charge in [-0.2, -0.15) is 13.2 Å². The van der Waals surface area contributed by atoms with E-state index >= 15 is 0 Å². The number of likely N-dealkylation sites (tertiary alicyclic amines) is 1. The van der Waals surface area contributed by atoms with Crippen molar-refractivity contribution in [1.82, 2.24) is 10.2 Å². The maximum absolute atomic E-state index is 12.6. The molecular weight excluding hydrogens is 573 g/mol. The number of alkyl halides is 3. The molecule has 1 spiro atoms. The second-order valence-corrected chi connectivity index (χ2v) is 10.5. The minimum atomic E-state index is -5.08. The van der Waals surface area contributed by atoms with Crippen LogP contribution in [0.5, 0.6) is 11.5 Å². The number of benzene rings is 1. The molecule has 0 saturated carbocycles. The van der Waals surface area contributed by atoms with Crippen LogP contribution in [0.4, 0.5) is 13.2 Å². The Morgan fingerprint density at radius 1 is 1.24 bits per heavy atom. The summed E-state index contributed by atoms with van der Waals surface area (Å²) in [7, 11) is 1.98. The van der Waals surface area contributed by atoms with Crippen LogP contribution < -0.4 is 10.1 Å². The smallest absolute Gasteiger partial charge is 0.490 e. The van der Waals surface area contributed by atoms with E-state index in [0.29, 0.717) is 25.1 Å². The molecule has 230 valence electrons. The van der Waals surface area contributed by atoms with Gasteiger partial charge in [-0.05, 0) is 44.1 Å². The molecule has 42 heavy (non-hydrogen) atoms. The lowest BCUT2D eigenvalue weighted by Crippen LogP contribution is -2.74. The number of nitrogens with zero attached hydrogens (tertiary/aromatic N) is 1. The van der Waals surface area contributed by atoms with Gasteiger partial charge in [-0.15, -0.1) is 0 Å². The summed E-state index contributed by atoms with van der Waals surface area (Å²) in [6.45, 7) is 0.549. The highest BCUT2D eigenvalue weighted by Crippen LogP contribution is 2.65. The van der Waals surface area contributed by atoms with Crippen LogP contribution >= 0.6 is 0 Å². The Morgan fingerprint density at radius 2 is 1.90 bits per heavy atom. The number of aliphatic carboxylic acids is 2. The Bertz CT molecular complexity index is 1330. The van der Waals surface area contributed by atoms with Crippen molar-refractivity contribution in [2.75, 3.05) is 20.1 Å². The third kappa shape index (κ3) is 5.25. The Kier molecular flexibility index (Phi) is 8.19. The SMILES string of the molecule is CN1CC[C@]23c4c5ccc(O)c4O[C@H]2C(OC(=O)CCNC(=O)C(O)CC(=O)O)=CC[C@@]3(O)[C@H]1C5.O=C(O)C(F)(F)F. The minimum absolute atomic E-state index is 0.0273. The average molecular weight is 603 g/mol. The average Bonchev–Trinajstić information content (AvgIpc) is 3.25. The van der Waals surface area contributed by atoms with Crippen molar-refractivity contribution in [3.05, 3.63) is 35.1 Å². The van der Waals surface area contributed by atoms with Gasteiger partial charge in [0.2, 0.25) is 5.91 Å². The van der Waals surface area contributed by atoms with Crippen molar-refractivity contribution in [3.8, 4) is 11.5 Å². The van der Waals surface area contributed by atoms with Crippen LogP contribution in [-0.4, -0.2) is 104 Å². The lowest BCUT2D eigenvalue weighted by Gasteiger charge is -2.61. The zero-order chi connectivity index (χ0) is 31.2. The fourth-order valence-electron chi connectivity index (χ4n) is 6.28. The molecule has 1 fully saturated rings. The van der Waals surface area contributed by atoms with E-state index < -0.39 is 59.6 Å². The highest BCUT2D eigenvalue weighted by molar-refractivity contribution is 5.85. The summed E-state index contributed by atoms with van der Waals surface area (Å²) in [6, 6.07) is 3.28. The molecular formula is C26H29F3N2O11. The molecule has 5 atom stereocenters. The van der Waals surface area contributed by atoms with Gasteiger partial charge in [0.1, 0.15) is 11.9 Å². The van der Waals surface area contributed by atoms with E-state index in [9.17, 15) is 42.9 Å². The molecule has 13 nitrogen and oxygen atoms in total. The van der Waals surface area contributed by atoms with E-state index in [1.54, 1.807) is 12.1 Å². The largest absolute Gasteiger partial charge is 0.504 e. The van der Waals surface area contributed by atoms with Crippen LogP contribution in [0.2, 0.25) is 0 Å². The van der Waals surface area contributed by atoms with E-state index in [-0.39, 0.29) is 36.9 Å². The van der Waals surface area contributed by atoms with Crippen LogP contribution in [0.25, 0.3) is 0 Å². The van der Waals surface area contributed by atoms with Crippen LogP contribution in [0.1, 0.15) is 36.8 Å². The third-order valence-electron chi connectivity index (χ3n) is 8.13. The number of aromatic hydroxyl groups is 1. The molecule has 1 amide bonds. The molecule has 5 rings (SSSR count). The molecule has 1 saturated heterocycles. The number of carboxylic acid groups (broad SMARTS) is 2. The number of hydrogen-bond donors (Lipinski definition) is 6. The number of carbonyl (C=O) groups is 4. The molecule has 1 aromatic rings. The molecule has 2 aliphatic carbocycles. The number of carboxylic acids is 2. The fraction of sp³-hybridized carbons (Fsp3) is 0.538. The Balaban J connectivity index is 0.000000517. The maximum atomic E-state index is 12.6. The summed E-state index contributed by atoms with van der Waals surface area (Å²) >= 11 is 0. The predicted octanol–water partition coefficient (Wildman–Crippen LogP) is 0.188. The monoisotopic (exact) mass is 602 g/mol. The predicted molar refractivity (Wildman–Crippen MR) is 132 cm³/mol. The number of halogens is 3. The normalized spacial score (nSPS) is 27.7.